The van der Waals surface area contributed by atoms with Gasteiger partial charge in [0.1, 0.15) is 12.4 Å². The van der Waals surface area contributed by atoms with Gasteiger partial charge in [-0.25, -0.2) is 14.2 Å². The molecule has 3 rings (SSSR count). The third-order valence-corrected chi connectivity index (χ3v) is 4.10. The molecule has 7 heteroatoms. The molecule has 0 bridgehead atoms. The Kier molecular flexibility index (Phi) is 6.34. The number of carbonyl (C=O) groups is 1. The van der Waals surface area contributed by atoms with Gasteiger partial charge in [-0.2, -0.15) is 0 Å². The zero-order chi connectivity index (χ0) is 21.0. The molecule has 5 nitrogen and oxygen atoms in total. The molecule has 150 valence electrons. The Morgan fingerprint density at radius 1 is 1.31 bits per heavy atom. The molecule has 0 spiro atoms. The third kappa shape index (κ3) is 4.84. The Hall–Kier alpha value is -3.12. The van der Waals surface area contributed by atoms with Crippen LogP contribution < -0.4 is 9.47 Å². The quantitative estimate of drug-likeness (QED) is 0.355. The topological polar surface area (TPSA) is 57.1 Å². The monoisotopic (exact) mass is 415 g/mol. The second-order valence-corrected chi connectivity index (χ2v) is 6.73. The van der Waals surface area contributed by atoms with Gasteiger partial charge in [0.05, 0.1) is 17.2 Å². The summed E-state index contributed by atoms with van der Waals surface area (Å²) in [7, 11) is 0. The first-order valence-corrected chi connectivity index (χ1v) is 9.27. The molecular formula is C22H19ClFNO4. The highest BCUT2D eigenvalue weighted by Crippen LogP contribution is 2.38. The van der Waals surface area contributed by atoms with Crippen molar-refractivity contribution in [1.29, 1.82) is 0 Å². The van der Waals surface area contributed by atoms with E-state index in [2.05, 4.69) is 11.6 Å². The van der Waals surface area contributed by atoms with Crippen LogP contribution in [0.25, 0.3) is 6.08 Å². The molecule has 0 saturated carbocycles. The summed E-state index contributed by atoms with van der Waals surface area (Å²) >= 11 is 6.36. The highest BCUT2D eigenvalue weighted by Gasteiger charge is 2.26. The Labute approximate surface area is 173 Å². The number of hydrogen-bond acceptors (Lipinski definition) is 5. The van der Waals surface area contributed by atoms with Crippen LogP contribution in [0.2, 0.25) is 5.02 Å². The smallest absolute Gasteiger partial charge is 0.363 e. The molecule has 1 aliphatic rings. The van der Waals surface area contributed by atoms with E-state index in [0.29, 0.717) is 35.3 Å². The van der Waals surface area contributed by atoms with Crippen molar-refractivity contribution < 1.29 is 23.4 Å². The highest BCUT2D eigenvalue weighted by molar-refractivity contribution is 6.32. The fourth-order valence-corrected chi connectivity index (χ4v) is 2.86. The summed E-state index contributed by atoms with van der Waals surface area (Å²) < 4.78 is 30.4. The Morgan fingerprint density at radius 2 is 2.07 bits per heavy atom. The van der Waals surface area contributed by atoms with Crippen molar-refractivity contribution in [1.82, 2.24) is 0 Å². The number of esters is 1. The number of carbonyl (C=O) groups excluding carboxylic acids is 1. The molecule has 2 aromatic carbocycles. The van der Waals surface area contributed by atoms with Crippen molar-refractivity contribution >= 4 is 29.5 Å². The predicted molar refractivity (Wildman–Crippen MR) is 110 cm³/mol. The van der Waals surface area contributed by atoms with Gasteiger partial charge in [0.2, 0.25) is 5.90 Å². The first-order valence-electron chi connectivity index (χ1n) is 8.90. The number of halogens is 2. The van der Waals surface area contributed by atoms with Crippen LogP contribution in [0.4, 0.5) is 4.39 Å². The van der Waals surface area contributed by atoms with E-state index in [1.807, 2.05) is 13.8 Å². The first kappa shape index (κ1) is 20.6. The molecule has 0 aliphatic carbocycles. The number of nitrogens with zero attached hydrogens (tertiary/aromatic N) is 1. The van der Waals surface area contributed by atoms with E-state index in [1.165, 1.54) is 18.2 Å². The average molecular weight is 416 g/mol. The minimum atomic E-state index is -0.681. The molecule has 1 heterocycles. The lowest BCUT2D eigenvalue weighted by molar-refractivity contribution is -0.129. The molecule has 0 saturated heterocycles. The van der Waals surface area contributed by atoms with E-state index in [1.54, 1.807) is 24.3 Å². The van der Waals surface area contributed by atoms with Crippen molar-refractivity contribution in [2.24, 2.45) is 4.99 Å². The lowest BCUT2D eigenvalue weighted by atomic mass is 10.1. The summed E-state index contributed by atoms with van der Waals surface area (Å²) in [6.45, 7) is 8.16. The molecule has 1 aliphatic heterocycles. The minimum Gasteiger partial charge on any atom is -0.490 e. The fraction of sp³-hybridized carbons (Fsp3) is 0.182. The van der Waals surface area contributed by atoms with Gasteiger partial charge in [0.25, 0.3) is 0 Å². The lowest BCUT2D eigenvalue weighted by Crippen LogP contribution is -2.07. The molecule has 0 fully saturated rings. The maximum absolute atomic E-state index is 13.9. The van der Waals surface area contributed by atoms with E-state index in [-0.39, 0.29) is 17.2 Å². The molecule has 0 atom stereocenters. The maximum Gasteiger partial charge on any atom is 0.363 e. The molecule has 0 radical (unpaired) electrons. The Bertz CT molecular complexity index is 1030. The van der Waals surface area contributed by atoms with Crippen molar-refractivity contribution in [3.8, 4) is 11.5 Å². The van der Waals surface area contributed by atoms with E-state index >= 15 is 0 Å². The van der Waals surface area contributed by atoms with Crippen LogP contribution in [0.3, 0.4) is 0 Å². The van der Waals surface area contributed by atoms with Crippen LogP contribution in [0, 0.1) is 5.82 Å². The normalized spacial score (nSPS) is 14.6. The van der Waals surface area contributed by atoms with Crippen molar-refractivity contribution in [3.05, 3.63) is 76.2 Å². The van der Waals surface area contributed by atoms with Gasteiger partial charge in [-0.15, -0.1) is 0 Å². The lowest BCUT2D eigenvalue weighted by Gasteiger charge is -2.14. The van der Waals surface area contributed by atoms with Gasteiger partial charge in [0.15, 0.2) is 17.2 Å². The number of benzene rings is 2. The van der Waals surface area contributed by atoms with Gasteiger partial charge in [-0.1, -0.05) is 30.3 Å². The van der Waals surface area contributed by atoms with Gasteiger partial charge < -0.3 is 14.2 Å². The average Bonchev–Trinajstić information content (AvgIpc) is 3.01. The Morgan fingerprint density at radius 3 is 2.76 bits per heavy atom. The fourth-order valence-electron chi connectivity index (χ4n) is 2.59. The third-order valence-electron chi connectivity index (χ3n) is 3.82. The van der Waals surface area contributed by atoms with Crippen LogP contribution in [0.5, 0.6) is 11.5 Å². The van der Waals surface area contributed by atoms with Crippen LogP contribution in [-0.4, -0.2) is 25.1 Å². The first-order chi connectivity index (χ1) is 13.9. The van der Waals surface area contributed by atoms with Gasteiger partial charge in [-0.05, 0) is 55.3 Å². The zero-order valence-corrected chi connectivity index (χ0v) is 16.8. The SMILES string of the molecule is C=C(C)COc1c(Cl)cc(/C=C2/N=C(c3ccccc3F)OC2=O)cc1OCC. The van der Waals surface area contributed by atoms with Crippen LogP contribution in [0.1, 0.15) is 25.0 Å². The summed E-state index contributed by atoms with van der Waals surface area (Å²) in [5.41, 5.74) is 1.53. The van der Waals surface area contributed by atoms with Crippen LogP contribution >= 0.6 is 11.6 Å². The van der Waals surface area contributed by atoms with E-state index < -0.39 is 11.8 Å². The summed E-state index contributed by atoms with van der Waals surface area (Å²) in [6, 6.07) is 9.23. The van der Waals surface area contributed by atoms with E-state index in [0.717, 1.165) is 5.57 Å². The number of cyclic esters (lactones) is 1. The number of hydrogen-bond donors (Lipinski definition) is 0. The van der Waals surface area contributed by atoms with Gasteiger partial charge >= 0.3 is 5.97 Å². The molecular weight excluding hydrogens is 397 g/mol. The van der Waals surface area contributed by atoms with Gasteiger partial charge in [0, 0.05) is 0 Å². The molecule has 0 N–H and O–H groups in total. The molecule has 29 heavy (non-hydrogen) atoms. The molecule has 0 aromatic heterocycles. The number of aliphatic imine (C=N–C) groups is 1. The van der Waals surface area contributed by atoms with Crippen LogP contribution in [0.15, 0.2) is 59.2 Å². The van der Waals surface area contributed by atoms with Crippen LogP contribution in [-0.2, 0) is 9.53 Å². The van der Waals surface area contributed by atoms with Crippen molar-refractivity contribution in [3.63, 3.8) is 0 Å². The van der Waals surface area contributed by atoms with Gasteiger partial charge in [-0.3, -0.25) is 0 Å². The second kappa shape index (κ2) is 8.92. The maximum atomic E-state index is 13.9. The zero-order valence-electron chi connectivity index (χ0n) is 16.0. The highest BCUT2D eigenvalue weighted by atomic mass is 35.5. The number of rotatable bonds is 7. The largest absolute Gasteiger partial charge is 0.490 e. The number of ether oxygens (including phenoxy) is 3. The minimum absolute atomic E-state index is 0.0253. The van der Waals surface area contributed by atoms with Crippen molar-refractivity contribution in [2.45, 2.75) is 13.8 Å². The summed E-state index contributed by atoms with van der Waals surface area (Å²) in [5.74, 6) is -0.473. The molecule has 0 amide bonds. The predicted octanol–water partition coefficient (Wildman–Crippen LogP) is 5.18. The van der Waals surface area contributed by atoms with E-state index in [9.17, 15) is 9.18 Å². The Balaban J connectivity index is 1.96. The summed E-state index contributed by atoms with van der Waals surface area (Å²) in [6.07, 6.45) is 1.49. The summed E-state index contributed by atoms with van der Waals surface area (Å²) in [4.78, 5) is 16.3. The molecule has 0 unspecified atom stereocenters. The summed E-state index contributed by atoms with van der Waals surface area (Å²) in [5, 5.41) is 0.314. The standard InChI is InChI=1S/C22H19ClFNO4/c1-4-27-19-11-14(9-16(23)20(19)28-12-13(2)3)10-18-22(26)29-21(25-18)15-7-5-6-8-17(15)24/h5-11H,2,4,12H2,1,3H3/b18-10+. The second-order valence-electron chi connectivity index (χ2n) is 6.32. The van der Waals surface area contributed by atoms with E-state index in [4.69, 9.17) is 25.8 Å². The van der Waals surface area contributed by atoms with Crippen molar-refractivity contribution in [2.75, 3.05) is 13.2 Å². The molecule has 2 aromatic rings.